The van der Waals surface area contributed by atoms with Gasteiger partial charge >= 0.3 is 5.97 Å². The zero-order chi connectivity index (χ0) is 14.7. The Morgan fingerprint density at radius 3 is 2.80 bits per heavy atom. The highest BCUT2D eigenvalue weighted by atomic mass is 32.1. The Bertz CT molecular complexity index is 647. The molecule has 0 bridgehead atoms. The molecule has 8 heteroatoms. The molecule has 0 saturated heterocycles. The van der Waals surface area contributed by atoms with Crippen molar-refractivity contribution in [2.24, 2.45) is 0 Å². The molecule has 20 heavy (non-hydrogen) atoms. The molecular weight excluding hydrogens is 282 g/mol. The number of anilines is 1. The second-order valence-electron chi connectivity index (χ2n) is 4.21. The Hall–Kier alpha value is -2.22. The molecule has 2 heterocycles. The van der Waals surface area contributed by atoms with Gasteiger partial charge in [-0.25, -0.2) is 4.79 Å². The number of carboxylic acid groups (broad SMARTS) is 1. The summed E-state index contributed by atoms with van der Waals surface area (Å²) in [6, 6.07) is 0. The summed E-state index contributed by atoms with van der Waals surface area (Å²) >= 11 is 1.09. The van der Waals surface area contributed by atoms with Gasteiger partial charge in [0.1, 0.15) is 4.88 Å². The molecule has 2 N–H and O–H groups in total. The fourth-order valence-electron chi connectivity index (χ4n) is 1.62. The Labute approximate surface area is 118 Å². The van der Waals surface area contributed by atoms with Crippen molar-refractivity contribution in [3.05, 3.63) is 27.5 Å². The summed E-state index contributed by atoms with van der Waals surface area (Å²) in [6.07, 6.45) is 0.467. The van der Waals surface area contributed by atoms with Crippen LogP contribution in [-0.2, 0) is 11.2 Å². The summed E-state index contributed by atoms with van der Waals surface area (Å²) in [7, 11) is 0. The first kappa shape index (κ1) is 14.2. The van der Waals surface area contributed by atoms with Gasteiger partial charge in [-0.1, -0.05) is 5.16 Å². The number of nitrogens with zero attached hydrogens (tertiary/aromatic N) is 2. The number of carboxylic acids is 1. The molecule has 7 nitrogen and oxygen atoms in total. The highest BCUT2D eigenvalue weighted by Gasteiger charge is 2.17. The molecule has 0 saturated carbocycles. The van der Waals surface area contributed by atoms with Crippen LogP contribution >= 0.6 is 11.3 Å². The van der Waals surface area contributed by atoms with E-state index >= 15 is 0 Å². The smallest absolute Gasteiger partial charge is 0.348 e. The van der Waals surface area contributed by atoms with Crippen LogP contribution in [-0.4, -0.2) is 27.1 Å². The van der Waals surface area contributed by atoms with Crippen molar-refractivity contribution in [1.29, 1.82) is 0 Å². The van der Waals surface area contributed by atoms with Gasteiger partial charge in [0.25, 0.3) is 0 Å². The number of aromatic nitrogens is 2. The lowest BCUT2D eigenvalue weighted by Crippen LogP contribution is -2.14. The minimum Gasteiger partial charge on any atom is -0.477 e. The molecular formula is C12H13N3O4S. The largest absolute Gasteiger partial charge is 0.477 e. The van der Waals surface area contributed by atoms with Crippen LogP contribution < -0.4 is 5.32 Å². The van der Waals surface area contributed by atoms with Crippen LogP contribution in [0.2, 0.25) is 0 Å². The van der Waals surface area contributed by atoms with Crippen LogP contribution in [0.5, 0.6) is 0 Å². The third kappa shape index (κ3) is 3.21. The Kier molecular flexibility index (Phi) is 4.14. The van der Waals surface area contributed by atoms with Crippen molar-refractivity contribution in [3.63, 3.8) is 0 Å². The molecule has 2 rings (SSSR count). The van der Waals surface area contributed by atoms with Gasteiger partial charge in [-0.3, -0.25) is 4.79 Å². The van der Waals surface area contributed by atoms with Gasteiger partial charge < -0.3 is 14.9 Å². The van der Waals surface area contributed by atoms with Gasteiger partial charge in [-0.2, -0.15) is 4.98 Å². The molecule has 0 aliphatic rings. The first-order valence-corrected chi connectivity index (χ1v) is 6.75. The number of amides is 1. The summed E-state index contributed by atoms with van der Waals surface area (Å²) in [5.74, 6) is -0.434. The van der Waals surface area contributed by atoms with Crippen LogP contribution in [0.4, 0.5) is 5.69 Å². The molecule has 0 spiro atoms. The lowest BCUT2D eigenvalue weighted by molar-refractivity contribution is -0.116. The molecule has 0 aliphatic heterocycles. The number of hydrogen-bond acceptors (Lipinski definition) is 6. The normalized spacial score (nSPS) is 10.5. The second kappa shape index (κ2) is 5.83. The van der Waals surface area contributed by atoms with E-state index in [0.717, 1.165) is 16.9 Å². The Morgan fingerprint density at radius 1 is 1.45 bits per heavy atom. The molecule has 0 fully saturated rings. The lowest BCUT2D eigenvalue weighted by Gasteiger charge is -2.05. The summed E-state index contributed by atoms with van der Waals surface area (Å²) in [6.45, 7) is 3.45. The molecule has 1 amide bonds. The van der Waals surface area contributed by atoms with Crippen LogP contribution in [0.25, 0.3) is 0 Å². The number of carbonyl (C=O) groups is 2. The molecule has 0 aromatic carbocycles. The summed E-state index contributed by atoms with van der Waals surface area (Å²) < 4.78 is 4.90. The van der Waals surface area contributed by atoms with Gasteiger partial charge in [0.05, 0.1) is 5.69 Å². The zero-order valence-corrected chi connectivity index (χ0v) is 11.8. The summed E-state index contributed by atoms with van der Waals surface area (Å²) in [5.41, 5.74) is 1.09. The standard InChI is InChI=1S/C12H13N3O4S/c1-6-5-20-11(12(17)18)10(6)14-8(16)3-4-9-13-7(2)15-19-9/h5H,3-4H2,1-2H3,(H,14,16)(H,17,18). The predicted octanol–water partition coefficient (Wildman–Crippen LogP) is 2.02. The van der Waals surface area contributed by atoms with Gasteiger partial charge in [0.2, 0.25) is 11.8 Å². The highest BCUT2D eigenvalue weighted by Crippen LogP contribution is 2.27. The van der Waals surface area contributed by atoms with E-state index in [4.69, 9.17) is 9.63 Å². The molecule has 0 atom stereocenters. The third-order valence-corrected chi connectivity index (χ3v) is 3.66. The van der Waals surface area contributed by atoms with E-state index < -0.39 is 5.97 Å². The highest BCUT2D eigenvalue weighted by molar-refractivity contribution is 7.12. The Balaban J connectivity index is 1.98. The molecule has 0 aliphatic carbocycles. The van der Waals surface area contributed by atoms with E-state index in [2.05, 4.69) is 15.5 Å². The number of hydrogen-bond donors (Lipinski definition) is 2. The molecule has 2 aromatic rings. The monoisotopic (exact) mass is 295 g/mol. The molecule has 0 unspecified atom stereocenters. The fourth-order valence-corrected chi connectivity index (χ4v) is 2.46. The number of carbonyl (C=O) groups excluding carboxylic acids is 1. The maximum atomic E-state index is 11.8. The van der Waals surface area contributed by atoms with Gasteiger partial charge in [-0.15, -0.1) is 11.3 Å². The number of rotatable bonds is 5. The van der Waals surface area contributed by atoms with Crippen LogP contribution in [0, 0.1) is 13.8 Å². The SMILES string of the molecule is Cc1noc(CCC(=O)Nc2c(C)csc2C(=O)O)n1. The van der Waals surface area contributed by atoms with E-state index in [0.29, 0.717) is 23.8 Å². The molecule has 106 valence electrons. The topological polar surface area (TPSA) is 105 Å². The van der Waals surface area contributed by atoms with E-state index in [-0.39, 0.29) is 17.2 Å². The second-order valence-corrected chi connectivity index (χ2v) is 5.09. The average Bonchev–Trinajstić information content (AvgIpc) is 2.94. The molecule has 0 radical (unpaired) electrons. The number of thiophene rings is 1. The minimum absolute atomic E-state index is 0.129. The van der Waals surface area contributed by atoms with Crippen molar-refractivity contribution in [3.8, 4) is 0 Å². The number of aryl methyl sites for hydroxylation is 3. The van der Waals surface area contributed by atoms with E-state index in [9.17, 15) is 9.59 Å². The molecule has 2 aromatic heterocycles. The minimum atomic E-state index is -1.05. The summed E-state index contributed by atoms with van der Waals surface area (Å²) in [4.78, 5) is 27.0. The van der Waals surface area contributed by atoms with Crippen molar-refractivity contribution in [2.45, 2.75) is 26.7 Å². The number of aromatic carboxylic acids is 1. The quantitative estimate of drug-likeness (QED) is 0.874. The first-order valence-electron chi connectivity index (χ1n) is 5.87. The maximum absolute atomic E-state index is 11.8. The third-order valence-electron chi connectivity index (χ3n) is 2.57. The van der Waals surface area contributed by atoms with Crippen molar-refractivity contribution in [1.82, 2.24) is 10.1 Å². The van der Waals surface area contributed by atoms with Crippen molar-refractivity contribution >= 4 is 28.9 Å². The average molecular weight is 295 g/mol. The fraction of sp³-hybridized carbons (Fsp3) is 0.333. The summed E-state index contributed by atoms with van der Waals surface area (Å²) in [5, 5.41) is 17.0. The zero-order valence-electron chi connectivity index (χ0n) is 11.0. The van der Waals surface area contributed by atoms with Gasteiger partial charge in [0, 0.05) is 12.8 Å². The van der Waals surface area contributed by atoms with Crippen LogP contribution in [0.15, 0.2) is 9.90 Å². The lowest BCUT2D eigenvalue weighted by atomic mass is 10.2. The predicted molar refractivity (Wildman–Crippen MR) is 72.0 cm³/mol. The van der Waals surface area contributed by atoms with Crippen LogP contribution in [0.3, 0.4) is 0 Å². The number of nitrogens with one attached hydrogen (secondary N) is 1. The maximum Gasteiger partial charge on any atom is 0.348 e. The first-order chi connectivity index (χ1) is 9.47. The van der Waals surface area contributed by atoms with E-state index in [1.165, 1.54) is 0 Å². The van der Waals surface area contributed by atoms with Crippen molar-refractivity contribution in [2.75, 3.05) is 5.32 Å². The van der Waals surface area contributed by atoms with Crippen LogP contribution in [0.1, 0.15) is 33.4 Å². The van der Waals surface area contributed by atoms with Gasteiger partial charge in [-0.05, 0) is 24.8 Å². The van der Waals surface area contributed by atoms with Gasteiger partial charge in [0.15, 0.2) is 5.82 Å². The van der Waals surface area contributed by atoms with E-state index in [1.54, 1.807) is 19.2 Å². The Morgan fingerprint density at radius 2 is 2.20 bits per heavy atom. The van der Waals surface area contributed by atoms with Crippen molar-refractivity contribution < 1.29 is 19.2 Å². The van der Waals surface area contributed by atoms with E-state index in [1.807, 2.05) is 0 Å².